The van der Waals surface area contributed by atoms with Gasteiger partial charge in [0.05, 0.1) is 25.8 Å². The van der Waals surface area contributed by atoms with Crippen molar-refractivity contribution in [2.24, 2.45) is 5.18 Å². The molecule has 130 valence electrons. The number of rotatable bonds is 5. The predicted molar refractivity (Wildman–Crippen MR) is 93.5 cm³/mol. The number of nitrogens with zero attached hydrogens (tertiary/aromatic N) is 2. The van der Waals surface area contributed by atoms with E-state index in [1.807, 2.05) is 6.92 Å². The molecule has 0 fully saturated rings. The number of hydrogen-bond acceptors (Lipinski definition) is 6. The summed E-state index contributed by atoms with van der Waals surface area (Å²) in [6.45, 7) is 1.67. The molecule has 0 saturated heterocycles. The Balaban J connectivity index is 2.19. The average Bonchev–Trinajstić information content (AvgIpc) is 2.88. The van der Waals surface area contributed by atoms with E-state index in [-0.39, 0.29) is 30.5 Å². The Hall–Kier alpha value is -3.06. The van der Waals surface area contributed by atoms with E-state index < -0.39 is 0 Å². The number of ether oxygens (including phenoxy) is 1. The standard InChI is InChI=1S/C18H18N2O5/c1-10-5-11(17(22)12(6-10)9-21)8-20-15-4-3-13(25-2)7-14(15)16(19-24)18(20)23/h3-7,21-23H,8-9H2,1-2H3. The molecule has 0 aliphatic rings. The zero-order chi connectivity index (χ0) is 18.1. The molecule has 3 rings (SSSR count). The minimum atomic E-state index is -0.294. The van der Waals surface area contributed by atoms with E-state index in [1.54, 1.807) is 30.3 Å². The molecule has 0 atom stereocenters. The molecule has 0 aliphatic carbocycles. The number of hydrogen-bond donors (Lipinski definition) is 3. The van der Waals surface area contributed by atoms with Crippen molar-refractivity contribution in [1.29, 1.82) is 0 Å². The van der Waals surface area contributed by atoms with Crippen LogP contribution < -0.4 is 4.74 Å². The molecule has 0 bridgehead atoms. The highest BCUT2D eigenvalue weighted by atomic mass is 16.5. The van der Waals surface area contributed by atoms with Gasteiger partial charge in [-0.25, -0.2) is 0 Å². The molecule has 0 amide bonds. The van der Waals surface area contributed by atoms with Gasteiger partial charge >= 0.3 is 0 Å². The number of aliphatic hydroxyl groups excluding tert-OH is 1. The van der Waals surface area contributed by atoms with Gasteiger partial charge in [0.2, 0.25) is 5.88 Å². The van der Waals surface area contributed by atoms with Gasteiger partial charge in [0.1, 0.15) is 11.5 Å². The van der Waals surface area contributed by atoms with Gasteiger partial charge in [-0.15, -0.1) is 4.91 Å². The van der Waals surface area contributed by atoms with Crippen molar-refractivity contribution in [2.45, 2.75) is 20.1 Å². The Labute approximate surface area is 143 Å². The lowest BCUT2D eigenvalue weighted by Gasteiger charge is -2.13. The number of aliphatic hydroxyl groups is 1. The molecule has 7 nitrogen and oxygen atoms in total. The number of aromatic nitrogens is 1. The van der Waals surface area contributed by atoms with E-state index in [2.05, 4.69) is 5.18 Å². The zero-order valence-electron chi connectivity index (χ0n) is 13.9. The van der Waals surface area contributed by atoms with Crippen LogP contribution in [0.3, 0.4) is 0 Å². The fraction of sp³-hybridized carbons (Fsp3) is 0.222. The second kappa shape index (κ2) is 6.45. The number of nitroso groups, excluding NO2 is 1. The van der Waals surface area contributed by atoms with Gasteiger partial charge in [0, 0.05) is 16.5 Å². The van der Waals surface area contributed by atoms with Crippen molar-refractivity contribution in [2.75, 3.05) is 7.11 Å². The second-order valence-electron chi connectivity index (χ2n) is 5.82. The summed E-state index contributed by atoms with van der Waals surface area (Å²) in [5.41, 5.74) is 2.29. The summed E-state index contributed by atoms with van der Waals surface area (Å²) >= 11 is 0. The van der Waals surface area contributed by atoms with Crippen LogP contribution in [0, 0.1) is 11.8 Å². The maximum atomic E-state index is 11.2. The van der Waals surface area contributed by atoms with Gasteiger partial charge < -0.3 is 24.6 Å². The third kappa shape index (κ3) is 2.78. The van der Waals surface area contributed by atoms with Crippen molar-refractivity contribution in [3.05, 3.63) is 51.9 Å². The first-order valence-electron chi connectivity index (χ1n) is 7.65. The lowest BCUT2D eigenvalue weighted by Crippen LogP contribution is -2.01. The molecule has 0 spiro atoms. The van der Waals surface area contributed by atoms with Crippen LogP contribution in [-0.2, 0) is 13.2 Å². The van der Waals surface area contributed by atoms with Crippen LogP contribution in [0.4, 0.5) is 5.69 Å². The van der Waals surface area contributed by atoms with Gasteiger partial charge in [0.15, 0.2) is 5.69 Å². The number of phenols is 1. The van der Waals surface area contributed by atoms with E-state index in [1.165, 1.54) is 11.7 Å². The summed E-state index contributed by atoms with van der Waals surface area (Å²) in [7, 11) is 1.51. The Kier molecular flexibility index (Phi) is 4.33. The minimum Gasteiger partial charge on any atom is -0.507 e. The lowest BCUT2D eigenvalue weighted by atomic mass is 10.0. The Morgan fingerprint density at radius 3 is 2.52 bits per heavy atom. The molecule has 25 heavy (non-hydrogen) atoms. The van der Waals surface area contributed by atoms with Gasteiger partial charge in [-0.05, 0) is 30.3 Å². The molecule has 0 saturated carbocycles. The van der Waals surface area contributed by atoms with Crippen LogP contribution in [0.15, 0.2) is 35.5 Å². The fourth-order valence-corrected chi connectivity index (χ4v) is 3.03. The van der Waals surface area contributed by atoms with E-state index in [0.717, 1.165) is 5.56 Å². The Morgan fingerprint density at radius 2 is 1.88 bits per heavy atom. The molecule has 2 aromatic carbocycles. The topological polar surface area (TPSA) is 104 Å². The Morgan fingerprint density at radius 1 is 1.16 bits per heavy atom. The monoisotopic (exact) mass is 342 g/mol. The van der Waals surface area contributed by atoms with Crippen LogP contribution in [-0.4, -0.2) is 27.0 Å². The third-order valence-electron chi connectivity index (χ3n) is 4.22. The zero-order valence-corrected chi connectivity index (χ0v) is 13.9. The van der Waals surface area contributed by atoms with E-state index in [0.29, 0.717) is 27.8 Å². The number of aryl methyl sites for hydroxylation is 1. The minimum absolute atomic E-state index is 0.0385. The van der Waals surface area contributed by atoms with Gasteiger partial charge in [-0.2, -0.15) is 0 Å². The Bertz CT molecular complexity index is 962. The normalized spacial score (nSPS) is 11.0. The van der Waals surface area contributed by atoms with E-state index >= 15 is 0 Å². The molecule has 0 radical (unpaired) electrons. The third-order valence-corrected chi connectivity index (χ3v) is 4.22. The van der Waals surface area contributed by atoms with Crippen LogP contribution in [0.2, 0.25) is 0 Å². The summed E-state index contributed by atoms with van der Waals surface area (Å²) < 4.78 is 6.64. The van der Waals surface area contributed by atoms with Crippen molar-refractivity contribution in [1.82, 2.24) is 4.57 Å². The highest BCUT2D eigenvalue weighted by Crippen LogP contribution is 2.41. The summed E-state index contributed by atoms with van der Waals surface area (Å²) in [4.78, 5) is 11.2. The van der Waals surface area contributed by atoms with Crippen molar-refractivity contribution < 1.29 is 20.1 Å². The summed E-state index contributed by atoms with van der Waals surface area (Å²) in [6.07, 6.45) is 0. The van der Waals surface area contributed by atoms with Gasteiger partial charge in [-0.1, -0.05) is 17.7 Å². The maximum absolute atomic E-state index is 11.2. The summed E-state index contributed by atoms with van der Waals surface area (Å²) in [5.74, 6) is 0.212. The second-order valence-corrected chi connectivity index (χ2v) is 5.82. The highest BCUT2D eigenvalue weighted by Gasteiger charge is 2.20. The van der Waals surface area contributed by atoms with Crippen molar-refractivity contribution in [3.63, 3.8) is 0 Å². The first-order valence-corrected chi connectivity index (χ1v) is 7.65. The maximum Gasteiger partial charge on any atom is 0.222 e. The van der Waals surface area contributed by atoms with Crippen LogP contribution in [0.25, 0.3) is 10.9 Å². The number of benzene rings is 2. The largest absolute Gasteiger partial charge is 0.507 e. The first-order chi connectivity index (χ1) is 12.0. The molecular weight excluding hydrogens is 324 g/mol. The summed E-state index contributed by atoms with van der Waals surface area (Å²) in [5, 5.41) is 33.5. The fourth-order valence-electron chi connectivity index (χ4n) is 3.03. The van der Waals surface area contributed by atoms with Gasteiger partial charge in [0.25, 0.3) is 0 Å². The molecule has 7 heteroatoms. The molecular formula is C18H18N2O5. The lowest BCUT2D eigenvalue weighted by molar-refractivity contribution is 0.275. The molecule has 3 aromatic rings. The van der Waals surface area contributed by atoms with E-state index in [9.17, 15) is 20.2 Å². The van der Waals surface area contributed by atoms with Crippen LogP contribution in [0.1, 0.15) is 16.7 Å². The average molecular weight is 342 g/mol. The SMILES string of the molecule is COc1ccc2c(c1)c(N=O)c(O)n2Cc1cc(C)cc(CO)c1O. The molecule has 0 aliphatic heterocycles. The first kappa shape index (κ1) is 16.8. The van der Waals surface area contributed by atoms with Crippen molar-refractivity contribution >= 4 is 16.6 Å². The quantitative estimate of drug-likeness (QED) is 0.617. The van der Waals surface area contributed by atoms with E-state index in [4.69, 9.17) is 4.74 Å². The molecule has 1 heterocycles. The molecule has 0 unspecified atom stereocenters. The number of fused-ring (bicyclic) bond motifs is 1. The predicted octanol–water partition coefficient (Wildman–Crippen LogP) is 3.31. The van der Waals surface area contributed by atoms with Crippen LogP contribution in [0.5, 0.6) is 17.4 Å². The molecule has 3 N–H and O–H groups in total. The highest BCUT2D eigenvalue weighted by molar-refractivity contribution is 5.96. The molecule has 1 aromatic heterocycles. The summed E-state index contributed by atoms with van der Waals surface area (Å²) in [6, 6.07) is 8.50. The van der Waals surface area contributed by atoms with Crippen molar-refractivity contribution in [3.8, 4) is 17.4 Å². The number of aromatic hydroxyl groups is 2. The van der Waals surface area contributed by atoms with Crippen LogP contribution >= 0.6 is 0 Å². The van der Waals surface area contributed by atoms with Gasteiger partial charge in [-0.3, -0.25) is 0 Å². The number of methoxy groups -OCH3 is 1. The smallest absolute Gasteiger partial charge is 0.222 e.